The monoisotopic (exact) mass is 1190 g/mol. The van der Waals surface area contributed by atoms with Gasteiger partial charge in [-0.1, -0.05) is 161 Å². The zero-order chi connectivity index (χ0) is 63.5. The van der Waals surface area contributed by atoms with Crippen LogP contribution in [0.2, 0.25) is 0 Å². The van der Waals surface area contributed by atoms with E-state index in [-0.39, 0.29) is 71.5 Å². The number of methoxy groups -OCH3 is 4. The lowest BCUT2D eigenvalue weighted by Gasteiger charge is -2.28. The zero-order valence-electron chi connectivity index (χ0n) is 51.7. The standard InChI is InChI=1S/C23H32O4.C19H24O4.C16H18O4.C15H16O2/c1-23(2,21-9-17(13-24-3)7-18(10-21)14-25-4)22-11-19(15-26-5)8-20(12-22)16-27-6;1-19(2,17-5-13(9-20)3-14(6-17)10-21)18-7-15(11-22)4-16(8-18)12-23;17-7-11-1-12(8-18)4-15(3-11)16-5-13(9-19)2-14(6-16)10-20;16-10-14-5-1-3-12(8-14)7-13-4-2-6-15(9-13)11-17/h7-12H,13-16H2,1-6H3;3-8,20-23H,9-12H2,1-2H3;1-6,17-20H,7-10H2;1-6,8-9,16-17H,7,10-11H2. The summed E-state index contributed by atoms with van der Waals surface area (Å²) in [5, 5.41) is 93.0. The Bertz CT molecular complexity index is 3030. The first-order chi connectivity index (χ1) is 41.9. The molecule has 14 nitrogen and oxygen atoms in total. The molecule has 0 unspecified atom stereocenters. The van der Waals surface area contributed by atoms with Crippen molar-refractivity contribution >= 4 is 0 Å². The topological polar surface area (TPSA) is 239 Å². The first-order valence-corrected chi connectivity index (χ1v) is 28.9. The minimum atomic E-state index is -0.399. The van der Waals surface area contributed by atoms with Crippen LogP contribution >= 0.6 is 0 Å². The van der Waals surface area contributed by atoms with Gasteiger partial charge in [0.15, 0.2) is 0 Å². The molecule has 0 saturated heterocycles. The van der Waals surface area contributed by atoms with Gasteiger partial charge < -0.3 is 70.0 Å². The molecule has 0 atom stereocenters. The second-order valence-corrected chi connectivity index (χ2v) is 22.6. The minimum absolute atomic E-state index is 0.0739. The number of hydrogen-bond acceptors (Lipinski definition) is 14. The molecule has 0 saturated carbocycles. The quantitative estimate of drug-likeness (QED) is 0.0256. The molecule has 0 aliphatic heterocycles. The van der Waals surface area contributed by atoms with Crippen LogP contribution in [0, 0.1) is 0 Å². The normalized spacial score (nSPS) is 11.3. The van der Waals surface area contributed by atoms with E-state index in [0.29, 0.717) is 48.7 Å². The smallest absolute Gasteiger partial charge is 0.0713 e. The van der Waals surface area contributed by atoms with Crippen molar-refractivity contribution in [2.24, 2.45) is 0 Å². The van der Waals surface area contributed by atoms with Crippen LogP contribution in [0.3, 0.4) is 0 Å². The number of ether oxygens (including phenoxy) is 4. The van der Waals surface area contributed by atoms with Crippen molar-refractivity contribution in [2.45, 2.75) is 137 Å². The van der Waals surface area contributed by atoms with Crippen molar-refractivity contribution in [1.29, 1.82) is 0 Å². The van der Waals surface area contributed by atoms with Crippen LogP contribution in [-0.2, 0) is 129 Å². The Labute approximate surface area is 513 Å². The zero-order valence-corrected chi connectivity index (χ0v) is 51.7. The van der Waals surface area contributed by atoms with Gasteiger partial charge in [-0.2, -0.15) is 0 Å². The molecule has 0 spiro atoms. The van der Waals surface area contributed by atoms with Gasteiger partial charge in [0.05, 0.1) is 92.5 Å². The number of rotatable bonds is 25. The maximum atomic E-state index is 9.43. The molecule has 8 rings (SSSR count). The van der Waals surface area contributed by atoms with Crippen LogP contribution in [0.25, 0.3) is 11.1 Å². The Kier molecular flexibility index (Phi) is 29.3. The third-order valence-electron chi connectivity index (χ3n) is 15.0. The molecular weight excluding hydrogens is 1100 g/mol. The second kappa shape index (κ2) is 35.9. The molecule has 0 amide bonds. The van der Waals surface area contributed by atoms with Crippen LogP contribution < -0.4 is 0 Å². The lowest BCUT2D eigenvalue weighted by atomic mass is 9.76. The fourth-order valence-corrected chi connectivity index (χ4v) is 10.3. The van der Waals surface area contributed by atoms with E-state index in [4.69, 9.17) is 29.2 Å². The molecule has 0 aliphatic rings. The summed E-state index contributed by atoms with van der Waals surface area (Å²) in [5.41, 5.74) is 20.2. The maximum absolute atomic E-state index is 9.43. The van der Waals surface area contributed by atoms with Crippen molar-refractivity contribution in [3.05, 3.63) is 269 Å². The summed E-state index contributed by atoms with van der Waals surface area (Å²) >= 11 is 0. The van der Waals surface area contributed by atoms with Gasteiger partial charge in [-0.25, -0.2) is 0 Å². The SMILES string of the molecule is CC(C)(c1cc(CO)cc(CO)c1)c1cc(CO)cc(CO)c1.COCc1cc(COC)cc(C(C)(C)c2cc(COC)cc(COC)c2)c1.OCc1cc(CO)cc(-c2cc(CO)cc(CO)c2)c1.OCc1cccc(Cc2cccc(CO)c2)c1. The number of hydrogen-bond donors (Lipinski definition) is 10. The molecule has 466 valence electrons. The van der Waals surface area contributed by atoms with Gasteiger partial charge >= 0.3 is 0 Å². The average molecular weight is 1190 g/mol. The van der Waals surface area contributed by atoms with Gasteiger partial charge in [-0.15, -0.1) is 0 Å². The van der Waals surface area contributed by atoms with Crippen molar-refractivity contribution in [3.63, 3.8) is 0 Å². The van der Waals surface area contributed by atoms with Crippen LogP contribution in [0.15, 0.2) is 158 Å². The van der Waals surface area contributed by atoms with Gasteiger partial charge in [-0.3, -0.25) is 0 Å². The highest BCUT2D eigenvalue weighted by molar-refractivity contribution is 5.67. The molecule has 87 heavy (non-hydrogen) atoms. The first kappa shape index (κ1) is 71.0. The largest absolute Gasteiger partial charge is 0.392 e. The third kappa shape index (κ3) is 21.2. The van der Waals surface area contributed by atoms with E-state index in [0.717, 1.165) is 84.3 Å². The lowest BCUT2D eigenvalue weighted by molar-refractivity contribution is 0.179. The van der Waals surface area contributed by atoms with Gasteiger partial charge in [0.25, 0.3) is 0 Å². The highest BCUT2D eigenvalue weighted by Crippen LogP contribution is 2.36. The molecule has 14 heteroatoms. The number of aliphatic hydroxyl groups excluding tert-OH is 10. The minimum Gasteiger partial charge on any atom is -0.392 e. The van der Waals surface area contributed by atoms with E-state index in [1.807, 2.05) is 111 Å². The molecule has 8 aromatic carbocycles. The van der Waals surface area contributed by atoms with E-state index in [2.05, 4.69) is 50.2 Å². The van der Waals surface area contributed by atoms with E-state index in [1.54, 1.807) is 52.7 Å². The summed E-state index contributed by atoms with van der Waals surface area (Å²) in [7, 11) is 6.89. The summed E-state index contributed by atoms with van der Waals surface area (Å²) in [6.45, 7) is 10.3. The van der Waals surface area contributed by atoms with Crippen LogP contribution in [0.1, 0.15) is 139 Å². The molecule has 0 radical (unpaired) electrons. The van der Waals surface area contributed by atoms with E-state index < -0.39 is 5.41 Å². The Morgan fingerprint density at radius 2 is 0.425 bits per heavy atom. The maximum Gasteiger partial charge on any atom is 0.0713 e. The Balaban J connectivity index is 0.000000214. The van der Waals surface area contributed by atoms with Gasteiger partial charge in [0.2, 0.25) is 0 Å². The average Bonchev–Trinajstić information content (AvgIpc) is 2.73. The Hall–Kier alpha value is -6.80. The highest BCUT2D eigenvalue weighted by Gasteiger charge is 2.27. The molecule has 0 fully saturated rings. The second-order valence-electron chi connectivity index (χ2n) is 22.6. The molecule has 8 aromatic rings. The Morgan fingerprint density at radius 1 is 0.241 bits per heavy atom. The summed E-state index contributed by atoms with van der Waals surface area (Å²) < 4.78 is 21.5. The van der Waals surface area contributed by atoms with Crippen LogP contribution in [-0.4, -0.2) is 79.5 Å². The predicted octanol–water partition coefficient (Wildman–Crippen LogP) is 10.2. The molecule has 0 aliphatic carbocycles. The Morgan fingerprint density at radius 3 is 0.644 bits per heavy atom. The molecule has 0 heterocycles. The number of benzene rings is 8. The van der Waals surface area contributed by atoms with Crippen molar-refractivity contribution < 1.29 is 70.0 Å². The third-order valence-corrected chi connectivity index (χ3v) is 15.0. The molecule has 0 bridgehead atoms. The fourth-order valence-electron chi connectivity index (χ4n) is 10.3. The van der Waals surface area contributed by atoms with Crippen LogP contribution in [0.4, 0.5) is 0 Å². The predicted molar refractivity (Wildman–Crippen MR) is 340 cm³/mol. The van der Waals surface area contributed by atoms with Gasteiger partial charge in [0.1, 0.15) is 0 Å². The van der Waals surface area contributed by atoms with Crippen molar-refractivity contribution in [2.75, 3.05) is 28.4 Å². The molecule has 0 aromatic heterocycles. The molecular formula is C73H90O14. The lowest BCUT2D eigenvalue weighted by Crippen LogP contribution is -2.20. The summed E-state index contributed by atoms with van der Waals surface area (Å²) in [6.07, 6.45) is 0.821. The van der Waals surface area contributed by atoms with E-state index in [1.165, 1.54) is 22.3 Å². The van der Waals surface area contributed by atoms with Gasteiger partial charge in [-0.05, 0) is 153 Å². The number of aliphatic hydroxyl groups is 10. The van der Waals surface area contributed by atoms with Crippen molar-refractivity contribution in [3.8, 4) is 11.1 Å². The van der Waals surface area contributed by atoms with E-state index >= 15 is 0 Å². The highest BCUT2D eigenvalue weighted by atomic mass is 16.5. The first-order valence-electron chi connectivity index (χ1n) is 28.9. The van der Waals surface area contributed by atoms with Gasteiger partial charge in [0, 0.05) is 39.3 Å². The van der Waals surface area contributed by atoms with E-state index in [9.17, 15) is 40.9 Å². The summed E-state index contributed by atoms with van der Waals surface area (Å²) in [6, 6.07) is 51.1. The summed E-state index contributed by atoms with van der Waals surface area (Å²) in [5.74, 6) is 0. The summed E-state index contributed by atoms with van der Waals surface area (Å²) in [4.78, 5) is 0. The fraction of sp³-hybridized carbons (Fsp3) is 0.342. The van der Waals surface area contributed by atoms with Crippen LogP contribution in [0.5, 0.6) is 0 Å². The van der Waals surface area contributed by atoms with Crippen molar-refractivity contribution in [1.82, 2.24) is 0 Å². The molecule has 10 N–H and O–H groups in total.